The summed E-state index contributed by atoms with van der Waals surface area (Å²) in [6.07, 6.45) is 0. The van der Waals surface area contributed by atoms with Crippen LogP contribution in [0.25, 0.3) is 0 Å². The Kier molecular flexibility index (Phi) is 5.65. The van der Waals surface area contributed by atoms with Crippen molar-refractivity contribution in [1.29, 1.82) is 0 Å². The van der Waals surface area contributed by atoms with Crippen molar-refractivity contribution in [3.63, 3.8) is 0 Å². The molecule has 4 heteroatoms. The molecule has 0 spiro atoms. The minimum Gasteiger partial charge on any atom is -0.496 e. The van der Waals surface area contributed by atoms with E-state index in [-0.39, 0.29) is 0 Å². The van der Waals surface area contributed by atoms with Gasteiger partial charge in [0.2, 0.25) is 0 Å². The molecule has 0 heterocycles. The van der Waals surface area contributed by atoms with Crippen molar-refractivity contribution in [2.24, 2.45) is 0 Å². The molecule has 0 atom stereocenters. The molecule has 0 fully saturated rings. The number of hydrogen-bond acceptors (Lipinski definition) is 3. The van der Waals surface area contributed by atoms with E-state index in [4.69, 9.17) is 4.74 Å². The maximum absolute atomic E-state index is 5.39. The molecule has 0 saturated heterocycles. The van der Waals surface area contributed by atoms with Gasteiger partial charge in [-0.15, -0.1) is 0 Å². The Bertz CT molecular complexity index is 582. The molecule has 0 aromatic heterocycles. The van der Waals surface area contributed by atoms with Crippen molar-refractivity contribution in [2.75, 3.05) is 26.5 Å². The van der Waals surface area contributed by atoms with Gasteiger partial charge in [-0.2, -0.15) is 0 Å². The zero-order chi connectivity index (χ0) is 15.2. The molecular formula is C17H21BrN2O. The van der Waals surface area contributed by atoms with Gasteiger partial charge in [-0.05, 0) is 50.0 Å². The van der Waals surface area contributed by atoms with Crippen LogP contribution in [0.2, 0.25) is 0 Å². The Hall–Kier alpha value is -1.52. The van der Waals surface area contributed by atoms with Crippen LogP contribution in [0.5, 0.6) is 5.75 Å². The van der Waals surface area contributed by atoms with Crippen LogP contribution in [-0.4, -0.2) is 26.1 Å². The zero-order valence-corrected chi connectivity index (χ0v) is 14.3. The quantitative estimate of drug-likeness (QED) is 0.849. The summed E-state index contributed by atoms with van der Waals surface area (Å²) in [5.74, 6) is 0.898. The minimum absolute atomic E-state index is 0.732. The summed E-state index contributed by atoms with van der Waals surface area (Å²) in [7, 11) is 5.85. The normalized spacial score (nSPS) is 10.7. The average Bonchev–Trinajstić information content (AvgIpc) is 2.46. The second kappa shape index (κ2) is 7.48. The Morgan fingerprint density at radius 3 is 2.43 bits per heavy atom. The van der Waals surface area contributed by atoms with E-state index in [2.05, 4.69) is 70.6 Å². The molecule has 0 unspecified atom stereocenters. The summed E-state index contributed by atoms with van der Waals surface area (Å²) >= 11 is 3.50. The molecule has 0 aliphatic heterocycles. The molecular weight excluding hydrogens is 328 g/mol. The molecule has 0 aliphatic carbocycles. The molecule has 2 rings (SSSR count). The van der Waals surface area contributed by atoms with E-state index in [9.17, 15) is 0 Å². The van der Waals surface area contributed by atoms with Crippen molar-refractivity contribution in [3.05, 3.63) is 58.1 Å². The predicted octanol–water partition coefficient (Wildman–Crippen LogP) is 4.13. The topological polar surface area (TPSA) is 24.5 Å². The molecule has 0 saturated carbocycles. The summed E-state index contributed by atoms with van der Waals surface area (Å²) in [5.41, 5.74) is 3.55. The number of anilines is 1. The standard InChI is InChI=1S/C17H21BrN2O/c1-20(2)12-13-4-7-16(8-5-13)19-11-14-10-15(18)6-9-17(14)21-3/h4-10,19H,11-12H2,1-3H3. The van der Waals surface area contributed by atoms with Crippen LogP contribution in [0, 0.1) is 0 Å². The molecule has 21 heavy (non-hydrogen) atoms. The van der Waals surface area contributed by atoms with Crippen molar-refractivity contribution in [2.45, 2.75) is 13.1 Å². The highest BCUT2D eigenvalue weighted by atomic mass is 79.9. The molecule has 3 nitrogen and oxygen atoms in total. The van der Waals surface area contributed by atoms with Gasteiger partial charge in [0.15, 0.2) is 0 Å². The maximum atomic E-state index is 5.39. The van der Waals surface area contributed by atoms with Crippen LogP contribution in [0.15, 0.2) is 46.9 Å². The lowest BCUT2D eigenvalue weighted by Gasteiger charge is -2.13. The lowest BCUT2D eigenvalue weighted by Crippen LogP contribution is -2.10. The highest BCUT2D eigenvalue weighted by Crippen LogP contribution is 2.24. The second-order valence-electron chi connectivity index (χ2n) is 5.24. The zero-order valence-electron chi connectivity index (χ0n) is 12.7. The summed E-state index contributed by atoms with van der Waals surface area (Å²) < 4.78 is 6.44. The van der Waals surface area contributed by atoms with Crippen LogP contribution < -0.4 is 10.1 Å². The van der Waals surface area contributed by atoms with E-state index in [0.29, 0.717) is 0 Å². The SMILES string of the molecule is COc1ccc(Br)cc1CNc1ccc(CN(C)C)cc1. The smallest absolute Gasteiger partial charge is 0.123 e. The Labute approximate surface area is 135 Å². The monoisotopic (exact) mass is 348 g/mol. The fraction of sp³-hybridized carbons (Fsp3) is 0.294. The first-order chi connectivity index (χ1) is 10.1. The fourth-order valence-electron chi connectivity index (χ4n) is 2.18. The van der Waals surface area contributed by atoms with Gasteiger partial charge in [-0.1, -0.05) is 28.1 Å². The number of ether oxygens (including phenoxy) is 1. The van der Waals surface area contributed by atoms with Gasteiger partial charge in [-0.3, -0.25) is 0 Å². The first-order valence-corrected chi connectivity index (χ1v) is 7.68. The van der Waals surface area contributed by atoms with Gasteiger partial charge in [-0.25, -0.2) is 0 Å². The Morgan fingerprint density at radius 2 is 1.81 bits per heavy atom. The number of nitrogens with zero attached hydrogens (tertiary/aromatic N) is 1. The van der Waals surface area contributed by atoms with Crippen molar-refractivity contribution in [1.82, 2.24) is 4.90 Å². The van der Waals surface area contributed by atoms with Gasteiger partial charge in [0, 0.05) is 28.8 Å². The molecule has 2 aromatic rings. The van der Waals surface area contributed by atoms with Crippen molar-refractivity contribution in [3.8, 4) is 5.75 Å². The highest BCUT2D eigenvalue weighted by molar-refractivity contribution is 9.10. The van der Waals surface area contributed by atoms with Crippen LogP contribution in [-0.2, 0) is 13.1 Å². The third kappa shape index (κ3) is 4.76. The molecule has 2 aromatic carbocycles. The molecule has 0 aliphatic rings. The first-order valence-electron chi connectivity index (χ1n) is 6.88. The van der Waals surface area contributed by atoms with E-state index >= 15 is 0 Å². The number of nitrogens with one attached hydrogen (secondary N) is 1. The predicted molar refractivity (Wildman–Crippen MR) is 91.9 cm³/mol. The van der Waals surface area contributed by atoms with E-state index < -0.39 is 0 Å². The number of methoxy groups -OCH3 is 1. The third-order valence-electron chi connectivity index (χ3n) is 3.18. The Balaban J connectivity index is 2.01. The summed E-state index contributed by atoms with van der Waals surface area (Å²) in [6.45, 7) is 1.69. The summed E-state index contributed by atoms with van der Waals surface area (Å²) in [6, 6.07) is 14.6. The van der Waals surface area contributed by atoms with E-state index in [1.807, 2.05) is 12.1 Å². The van der Waals surface area contributed by atoms with Gasteiger partial charge in [0.05, 0.1) is 7.11 Å². The highest BCUT2D eigenvalue weighted by Gasteiger charge is 2.04. The van der Waals surface area contributed by atoms with Gasteiger partial charge >= 0.3 is 0 Å². The van der Waals surface area contributed by atoms with Crippen LogP contribution >= 0.6 is 15.9 Å². The van der Waals surface area contributed by atoms with Crippen molar-refractivity contribution >= 4 is 21.6 Å². The minimum atomic E-state index is 0.732. The van der Waals surface area contributed by atoms with Crippen LogP contribution in [0.4, 0.5) is 5.69 Å². The lowest BCUT2D eigenvalue weighted by atomic mass is 10.1. The largest absolute Gasteiger partial charge is 0.496 e. The third-order valence-corrected chi connectivity index (χ3v) is 3.67. The lowest BCUT2D eigenvalue weighted by molar-refractivity contribution is 0.402. The number of rotatable bonds is 6. The summed E-state index contributed by atoms with van der Waals surface area (Å²) in [4.78, 5) is 2.16. The Morgan fingerprint density at radius 1 is 1.10 bits per heavy atom. The molecule has 0 amide bonds. The average molecular weight is 349 g/mol. The number of halogens is 1. The maximum Gasteiger partial charge on any atom is 0.123 e. The van der Waals surface area contributed by atoms with Gasteiger partial charge < -0.3 is 15.0 Å². The van der Waals surface area contributed by atoms with E-state index in [1.54, 1.807) is 7.11 Å². The summed E-state index contributed by atoms with van der Waals surface area (Å²) in [5, 5.41) is 3.43. The van der Waals surface area contributed by atoms with Crippen molar-refractivity contribution < 1.29 is 4.74 Å². The fourth-order valence-corrected chi connectivity index (χ4v) is 2.58. The van der Waals surface area contributed by atoms with E-state index in [0.717, 1.165) is 34.6 Å². The van der Waals surface area contributed by atoms with Gasteiger partial charge in [0.1, 0.15) is 5.75 Å². The molecule has 0 radical (unpaired) electrons. The number of hydrogen-bond donors (Lipinski definition) is 1. The second-order valence-corrected chi connectivity index (χ2v) is 6.16. The molecule has 112 valence electrons. The number of benzene rings is 2. The first kappa shape index (κ1) is 15.9. The van der Waals surface area contributed by atoms with Crippen LogP contribution in [0.1, 0.15) is 11.1 Å². The molecule has 1 N–H and O–H groups in total. The van der Waals surface area contributed by atoms with Gasteiger partial charge in [0.25, 0.3) is 0 Å². The van der Waals surface area contributed by atoms with E-state index in [1.165, 1.54) is 5.56 Å². The molecule has 0 bridgehead atoms. The van der Waals surface area contributed by atoms with Crippen LogP contribution in [0.3, 0.4) is 0 Å².